The molecule has 2 aliphatic rings. The van der Waals surface area contributed by atoms with E-state index in [1.54, 1.807) is 19.9 Å². The van der Waals surface area contributed by atoms with Crippen LogP contribution in [0.1, 0.15) is 54.4 Å². The highest BCUT2D eigenvalue weighted by molar-refractivity contribution is 5.92. The lowest BCUT2D eigenvalue weighted by Crippen LogP contribution is -2.56. The third kappa shape index (κ3) is 6.94. The summed E-state index contributed by atoms with van der Waals surface area (Å²) in [4.78, 5) is 39.9. The first-order valence-corrected chi connectivity index (χ1v) is 11.9. The van der Waals surface area contributed by atoms with Crippen molar-refractivity contribution in [3.8, 4) is 0 Å². The number of hydrogen-bond acceptors (Lipinski definition) is 8. The van der Waals surface area contributed by atoms with Gasteiger partial charge in [0.25, 0.3) is 0 Å². The number of Topliss-reactive ketones (excluding diaryl/α,β-unsaturated/α-hetero) is 1. The van der Waals surface area contributed by atoms with Crippen LogP contribution in [0.4, 0.5) is 0 Å². The van der Waals surface area contributed by atoms with E-state index >= 15 is 0 Å². The zero-order valence-corrected chi connectivity index (χ0v) is 21.2. The summed E-state index contributed by atoms with van der Waals surface area (Å²) in [5, 5.41) is 10.9. The lowest BCUT2D eigenvalue weighted by molar-refractivity contribution is -0.279. The summed E-state index contributed by atoms with van der Waals surface area (Å²) < 4.78 is 17.8. The molecule has 8 nitrogen and oxygen atoms in total. The van der Waals surface area contributed by atoms with Crippen molar-refractivity contribution in [2.24, 2.45) is 23.7 Å². The Morgan fingerprint density at radius 2 is 1.76 bits per heavy atom. The maximum absolute atomic E-state index is 13.1. The number of esters is 1. The van der Waals surface area contributed by atoms with Gasteiger partial charge in [0.1, 0.15) is 6.10 Å². The van der Waals surface area contributed by atoms with Crippen molar-refractivity contribution in [3.63, 3.8) is 0 Å². The van der Waals surface area contributed by atoms with Crippen molar-refractivity contribution in [3.05, 3.63) is 12.2 Å². The van der Waals surface area contributed by atoms with E-state index in [1.165, 1.54) is 13.0 Å². The summed E-state index contributed by atoms with van der Waals surface area (Å²) in [5.41, 5.74) is 0. The van der Waals surface area contributed by atoms with Crippen LogP contribution in [0.3, 0.4) is 0 Å². The standard InChI is InChI=1S/C25H41NO7/c1-13-9-10-20(28)14(2)11-15(3)22(17(5)24(30)32-23(13)18(6)27)33-25-21(29)19(26(7)8)12-16(4)31-25/h9-10,13-17,19,21-23,25,29H,11-12H2,1-8H3/b10-9+/t13-,14-,15+,16-,17-,19+,21-,22+,23+,25-/m1/s1. The third-order valence-corrected chi connectivity index (χ3v) is 6.89. The molecule has 2 rings (SSSR count). The fourth-order valence-electron chi connectivity index (χ4n) is 4.80. The molecule has 0 unspecified atom stereocenters. The Hall–Kier alpha value is -1.61. The summed E-state index contributed by atoms with van der Waals surface area (Å²) >= 11 is 0. The van der Waals surface area contributed by atoms with Gasteiger partial charge in [-0.3, -0.25) is 14.4 Å². The summed E-state index contributed by atoms with van der Waals surface area (Å²) in [5.74, 6) is -2.55. The number of cyclic esters (lactones) is 1. The molecule has 1 fully saturated rings. The van der Waals surface area contributed by atoms with Gasteiger partial charge < -0.3 is 24.2 Å². The predicted octanol–water partition coefficient (Wildman–Crippen LogP) is 2.37. The maximum atomic E-state index is 13.1. The van der Waals surface area contributed by atoms with E-state index in [2.05, 4.69) is 0 Å². The van der Waals surface area contributed by atoms with Gasteiger partial charge in [0.2, 0.25) is 0 Å². The van der Waals surface area contributed by atoms with Gasteiger partial charge in [0.15, 0.2) is 24.0 Å². The summed E-state index contributed by atoms with van der Waals surface area (Å²) in [6, 6.07) is -0.156. The Labute approximate surface area is 197 Å². The molecule has 188 valence electrons. The molecule has 0 radical (unpaired) electrons. The molecule has 0 aromatic rings. The molecule has 10 atom stereocenters. The van der Waals surface area contributed by atoms with Crippen molar-refractivity contribution in [2.75, 3.05) is 14.1 Å². The van der Waals surface area contributed by atoms with Gasteiger partial charge in [0, 0.05) is 17.9 Å². The molecular weight excluding hydrogens is 426 g/mol. The van der Waals surface area contributed by atoms with Crippen molar-refractivity contribution in [2.45, 2.75) is 91.1 Å². The average Bonchev–Trinajstić information content (AvgIpc) is 2.73. The number of aliphatic hydroxyl groups excluding tert-OH is 1. The molecule has 2 aliphatic heterocycles. The second-order valence-electron chi connectivity index (χ2n) is 10.2. The number of ketones is 2. The Balaban J connectivity index is 2.36. The second kappa shape index (κ2) is 11.7. The van der Waals surface area contributed by atoms with Crippen LogP contribution < -0.4 is 0 Å². The van der Waals surface area contributed by atoms with Crippen LogP contribution in [0.2, 0.25) is 0 Å². The molecular formula is C25H41NO7. The topological polar surface area (TPSA) is 102 Å². The highest BCUT2D eigenvalue weighted by atomic mass is 16.7. The zero-order chi connectivity index (χ0) is 25.0. The molecule has 2 heterocycles. The number of carbonyl (C=O) groups excluding carboxylic acids is 3. The quantitative estimate of drug-likeness (QED) is 0.629. The maximum Gasteiger partial charge on any atom is 0.312 e. The summed E-state index contributed by atoms with van der Waals surface area (Å²) in [6.45, 7) is 10.5. The fraction of sp³-hybridized carbons (Fsp3) is 0.800. The molecule has 0 aromatic carbocycles. The van der Waals surface area contributed by atoms with Crippen molar-refractivity contribution < 1.29 is 33.7 Å². The van der Waals surface area contributed by atoms with E-state index in [0.717, 1.165) is 0 Å². The van der Waals surface area contributed by atoms with E-state index in [0.29, 0.717) is 12.8 Å². The number of hydrogen-bond donors (Lipinski definition) is 1. The SMILES string of the molecule is CC(=O)[C@H]1OC(=O)[C@H](C)[C@@H](O[C@H]2O[C@H](C)C[C@H](N(C)C)[C@H]2O)[C@@H](C)C[C@@H](C)C(=O)/C=C/[C@H]1C. The van der Waals surface area contributed by atoms with Crippen LogP contribution in [0.5, 0.6) is 0 Å². The molecule has 0 aliphatic carbocycles. The Morgan fingerprint density at radius 3 is 2.33 bits per heavy atom. The Morgan fingerprint density at radius 1 is 1.12 bits per heavy atom. The van der Waals surface area contributed by atoms with Crippen LogP contribution in [-0.4, -0.2) is 78.4 Å². The first kappa shape index (κ1) is 27.6. The van der Waals surface area contributed by atoms with E-state index < -0.39 is 42.4 Å². The van der Waals surface area contributed by atoms with Gasteiger partial charge >= 0.3 is 5.97 Å². The van der Waals surface area contributed by atoms with Crippen molar-refractivity contribution >= 4 is 17.5 Å². The molecule has 0 saturated carbocycles. The van der Waals surface area contributed by atoms with E-state index in [4.69, 9.17) is 14.2 Å². The molecule has 0 amide bonds. The second-order valence-corrected chi connectivity index (χ2v) is 10.2. The van der Waals surface area contributed by atoms with E-state index in [-0.39, 0.29) is 35.5 Å². The molecule has 33 heavy (non-hydrogen) atoms. The van der Waals surface area contributed by atoms with E-state index in [1.807, 2.05) is 39.8 Å². The normalized spacial score (nSPS) is 42.2. The van der Waals surface area contributed by atoms with Crippen LogP contribution in [0.15, 0.2) is 12.2 Å². The monoisotopic (exact) mass is 467 g/mol. The molecule has 8 heteroatoms. The van der Waals surface area contributed by atoms with E-state index in [9.17, 15) is 19.5 Å². The molecule has 1 saturated heterocycles. The third-order valence-electron chi connectivity index (χ3n) is 6.89. The van der Waals surface area contributed by atoms with Crippen LogP contribution in [0, 0.1) is 23.7 Å². The first-order valence-electron chi connectivity index (χ1n) is 11.9. The highest BCUT2D eigenvalue weighted by Gasteiger charge is 2.43. The fourth-order valence-corrected chi connectivity index (χ4v) is 4.80. The lowest BCUT2D eigenvalue weighted by atomic mass is 9.84. The van der Waals surface area contributed by atoms with Crippen LogP contribution in [-0.2, 0) is 28.6 Å². The van der Waals surface area contributed by atoms with Gasteiger partial charge in [0.05, 0.1) is 18.1 Å². The average molecular weight is 468 g/mol. The van der Waals surface area contributed by atoms with Gasteiger partial charge in [-0.1, -0.05) is 26.8 Å². The zero-order valence-electron chi connectivity index (χ0n) is 21.2. The molecule has 0 spiro atoms. The van der Waals surface area contributed by atoms with Crippen molar-refractivity contribution in [1.29, 1.82) is 0 Å². The van der Waals surface area contributed by atoms with Gasteiger partial charge in [-0.15, -0.1) is 0 Å². The van der Waals surface area contributed by atoms with Gasteiger partial charge in [-0.25, -0.2) is 0 Å². The number of ether oxygens (including phenoxy) is 3. The number of rotatable bonds is 4. The largest absolute Gasteiger partial charge is 0.453 e. The van der Waals surface area contributed by atoms with Gasteiger partial charge in [-0.05, 0) is 59.7 Å². The molecule has 1 N–H and O–H groups in total. The Kier molecular flexibility index (Phi) is 9.79. The van der Waals surface area contributed by atoms with Crippen molar-refractivity contribution in [1.82, 2.24) is 4.90 Å². The number of aliphatic hydroxyl groups is 1. The number of likely N-dealkylation sites (N-methyl/N-ethyl adjacent to an activating group) is 1. The minimum atomic E-state index is -0.982. The smallest absolute Gasteiger partial charge is 0.312 e. The van der Waals surface area contributed by atoms with Crippen LogP contribution in [0.25, 0.3) is 0 Å². The molecule has 0 bridgehead atoms. The highest BCUT2D eigenvalue weighted by Crippen LogP contribution is 2.32. The summed E-state index contributed by atoms with van der Waals surface area (Å²) in [7, 11) is 3.79. The number of carbonyl (C=O) groups is 3. The summed E-state index contributed by atoms with van der Waals surface area (Å²) in [6.07, 6.45) is 0.639. The van der Waals surface area contributed by atoms with Gasteiger partial charge in [-0.2, -0.15) is 0 Å². The predicted molar refractivity (Wildman–Crippen MR) is 123 cm³/mol. The first-order chi connectivity index (χ1) is 15.3. The molecule has 0 aromatic heterocycles. The number of nitrogens with zero attached hydrogens (tertiary/aromatic N) is 1. The number of allylic oxidation sites excluding steroid dienone is 1. The Bertz CT molecular complexity index is 736. The minimum Gasteiger partial charge on any atom is -0.453 e. The lowest BCUT2D eigenvalue weighted by Gasteiger charge is -2.43. The van der Waals surface area contributed by atoms with Crippen LogP contribution >= 0.6 is 0 Å². The minimum absolute atomic E-state index is 0.0513.